The van der Waals surface area contributed by atoms with E-state index in [1.807, 2.05) is 0 Å². The van der Waals surface area contributed by atoms with Crippen molar-refractivity contribution in [2.24, 2.45) is 5.92 Å². The van der Waals surface area contributed by atoms with Crippen LogP contribution in [0.25, 0.3) is 0 Å². The van der Waals surface area contributed by atoms with Gasteiger partial charge in [0.2, 0.25) is 0 Å². The third-order valence-corrected chi connectivity index (χ3v) is 4.35. The first-order chi connectivity index (χ1) is 8.85. The minimum absolute atomic E-state index is 0.723. The van der Waals surface area contributed by atoms with Crippen LogP contribution in [0.2, 0.25) is 0 Å². The minimum Gasteiger partial charge on any atom is -0.491 e. The van der Waals surface area contributed by atoms with Gasteiger partial charge in [0.15, 0.2) is 0 Å². The van der Waals surface area contributed by atoms with Crippen molar-refractivity contribution in [3.8, 4) is 5.75 Å². The Balaban J connectivity index is 2.12. The maximum Gasteiger partial charge on any atom is 0.142 e. The molecular formula is C15H22BrNO. The van der Waals surface area contributed by atoms with E-state index < -0.39 is 0 Å². The molecule has 1 aliphatic heterocycles. The Labute approximate surface area is 118 Å². The van der Waals surface area contributed by atoms with Gasteiger partial charge >= 0.3 is 0 Å². The summed E-state index contributed by atoms with van der Waals surface area (Å²) in [4.78, 5) is 2.49. The first kappa shape index (κ1) is 13.7. The quantitative estimate of drug-likeness (QED) is 0.759. The zero-order valence-electron chi connectivity index (χ0n) is 11.1. The molecule has 0 bridgehead atoms. The van der Waals surface area contributed by atoms with Crippen LogP contribution in [0.5, 0.6) is 5.75 Å². The number of fused-ring (bicyclic) bond motifs is 1. The Kier molecular flexibility index (Phi) is 5.36. The number of halogens is 1. The number of hydrogen-bond acceptors (Lipinski definition) is 2. The maximum absolute atomic E-state index is 5.80. The van der Waals surface area contributed by atoms with E-state index in [9.17, 15) is 0 Å². The fourth-order valence-corrected chi connectivity index (χ4v) is 3.05. The van der Waals surface area contributed by atoms with Crippen LogP contribution < -0.4 is 9.64 Å². The average molecular weight is 312 g/mol. The monoisotopic (exact) mass is 311 g/mol. The van der Waals surface area contributed by atoms with Gasteiger partial charge in [-0.05, 0) is 30.9 Å². The average Bonchev–Trinajstić information content (AvgIpc) is 2.61. The lowest BCUT2D eigenvalue weighted by atomic mass is 10.0. The molecule has 1 aliphatic rings. The molecule has 0 saturated carbocycles. The Morgan fingerprint density at radius 3 is 3.00 bits per heavy atom. The van der Waals surface area contributed by atoms with Crippen molar-refractivity contribution in [3.63, 3.8) is 0 Å². The standard InChI is InChI=1S/C15H22BrNO/c1-2-6-13(11-16)12-17-9-5-10-18-15-8-4-3-7-14(15)17/h3-4,7-8,13H,2,5-6,9-12H2,1H3. The maximum atomic E-state index is 5.80. The zero-order chi connectivity index (χ0) is 12.8. The first-order valence-corrected chi connectivity index (χ1v) is 8.00. The predicted octanol–water partition coefficient (Wildman–Crippen LogP) is 4.09. The molecule has 1 aromatic rings. The molecule has 2 nitrogen and oxygen atoms in total. The molecule has 0 fully saturated rings. The molecule has 0 spiro atoms. The number of rotatable bonds is 5. The molecule has 100 valence electrons. The van der Waals surface area contributed by atoms with Gasteiger partial charge in [0.05, 0.1) is 12.3 Å². The van der Waals surface area contributed by atoms with Crippen molar-refractivity contribution >= 4 is 21.6 Å². The number of anilines is 1. The van der Waals surface area contributed by atoms with Crippen LogP contribution in [-0.4, -0.2) is 25.0 Å². The zero-order valence-corrected chi connectivity index (χ0v) is 12.7. The lowest BCUT2D eigenvalue weighted by Crippen LogP contribution is -2.30. The third kappa shape index (κ3) is 3.41. The van der Waals surface area contributed by atoms with Crippen LogP contribution in [-0.2, 0) is 0 Å². The molecule has 0 aromatic heterocycles. The van der Waals surface area contributed by atoms with Crippen LogP contribution in [0.3, 0.4) is 0 Å². The molecular weight excluding hydrogens is 290 g/mol. The lowest BCUT2D eigenvalue weighted by Gasteiger charge is -2.27. The molecule has 0 aliphatic carbocycles. The normalized spacial score (nSPS) is 16.7. The van der Waals surface area contributed by atoms with Crippen molar-refractivity contribution in [1.82, 2.24) is 0 Å². The van der Waals surface area contributed by atoms with Crippen LogP contribution in [0, 0.1) is 5.92 Å². The van der Waals surface area contributed by atoms with Crippen LogP contribution >= 0.6 is 15.9 Å². The fourth-order valence-electron chi connectivity index (χ4n) is 2.53. The highest BCUT2D eigenvalue weighted by molar-refractivity contribution is 9.09. The summed E-state index contributed by atoms with van der Waals surface area (Å²) in [6.45, 7) is 5.32. The van der Waals surface area contributed by atoms with Gasteiger partial charge in [-0.1, -0.05) is 41.4 Å². The second kappa shape index (κ2) is 7.03. The Hall–Kier alpha value is -0.700. The van der Waals surface area contributed by atoms with Gasteiger partial charge in [0.1, 0.15) is 5.75 Å². The van der Waals surface area contributed by atoms with E-state index in [4.69, 9.17) is 4.74 Å². The lowest BCUT2D eigenvalue weighted by molar-refractivity contribution is 0.322. The van der Waals surface area contributed by atoms with Crippen molar-refractivity contribution in [3.05, 3.63) is 24.3 Å². The van der Waals surface area contributed by atoms with Crippen molar-refractivity contribution in [2.45, 2.75) is 26.2 Å². The summed E-state index contributed by atoms with van der Waals surface area (Å²) in [5, 5.41) is 1.08. The highest BCUT2D eigenvalue weighted by Crippen LogP contribution is 2.31. The molecule has 0 radical (unpaired) electrons. The predicted molar refractivity (Wildman–Crippen MR) is 81.0 cm³/mol. The van der Waals surface area contributed by atoms with Crippen LogP contribution in [0.15, 0.2) is 24.3 Å². The summed E-state index contributed by atoms with van der Waals surface area (Å²) in [6, 6.07) is 8.41. The molecule has 1 atom stereocenters. The Bertz CT molecular complexity index is 369. The SMILES string of the molecule is CCCC(CBr)CN1CCCOc2ccccc21. The van der Waals surface area contributed by atoms with Gasteiger partial charge in [-0.3, -0.25) is 0 Å². The fraction of sp³-hybridized carbons (Fsp3) is 0.600. The molecule has 1 unspecified atom stereocenters. The number of alkyl halides is 1. The summed E-state index contributed by atoms with van der Waals surface area (Å²) in [5.74, 6) is 1.76. The molecule has 3 heteroatoms. The highest BCUT2D eigenvalue weighted by atomic mass is 79.9. The van der Waals surface area contributed by atoms with Crippen LogP contribution in [0.4, 0.5) is 5.69 Å². The van der Waals surface area contributed by atoms with E-state index in [-0.39, 0.29) is 0 Å². The smallest absolute Gasteiger partial charge is 0.142 e. The van der Waals surface area contributed by atoms with Gasteiger partial charge < -0.3 is 9.64 Å². The number of ether oxygens (including phenoxy) is 1. The van der Waals surface area contributed by atoms with Gasteiger partial charge in [0, 0.05) is 18.4 Å². The molecule has 0 N–H and O–H groups in total. The molecule has 0 amide bonds. The molecule has 1 heterocycles. The number of para-hydroxylation sites is 2. The van der Waals surface area contributed by atoms with E-state index in [1.54, 1.807) is 0 Å². The van der Waals surface area contributed by atoms with E-state index in [0.717, 1.165) is 43.1 Å². The third-order valence-electron chi connectivity index (χ3n) is 3.43. The summed E-state index contributed by atoms with van der Waals surface area (Å²) < 4.78 is 5.80. The summed E-state index contributed by atoms with van der Waals surface area (Å²) >= 11 is 3.65. The van der Waals surface area contributed by atoms with E-state index >= 15 is 0 Å². The van der Waals surface area contributed by atoms with Gasteiger partial charge in [-0.15, -0.1) is 0 Å². The second-order valence-electron chi connectivity index (χ2n) is 4.92. The summed E-state index contributed by atoms with van der Waals surface area (Å²) in [5.41, 5.74) is 1.26. The second-order valence-corrected chi connectivity index (χ2v) is 5.57. The van der Waals surface area contributed by atoms with Gasteiger partial charge in [-0.2, -0.15) is 0 Å². The first-order valence-electron chi connectivity index (χ1n) is 6.88. The number of nitrogens with zero attached hydrogens (tertiary/aromatic N) is 1. The molecule has 0 saturated heterocycles. The molecule has 1 aromatic carbocycles. The topological polar surface area (TPSA) is 12.5 Å². The van der Waals surface area contributed by atoms with Crippen molar-refractivity contribution in [1.29, 1.82) is 0 Å². The van der Waals surface area contributed by atoms with E-state index in [1.165, 1.54) is 18.5 Å². The number of benzene rings is 1. The largest absolute Gasteiger partial charge is 0.491 e. The van der Waals surface area contributed by atoms with Gasteiger partial charge in [0.25, 0.3) is 0 Å². The van der Waals surface area contributed by atoms with Crippen molar-refractivity contribution in [2.75, 3.05) is 29.9 Å². The summed E-state index contributed by atoms with van der Waals surface area (Å²) in [7, 11) is 0. The highest BCUT2D eigenvalue weighted by Gasteiger charge is 2.18. The molecule has 18 heavy (non-hydrogen) atoms. The Morgan fingerprint density at radius 2 is 2.22 bits per heavy atom. The molecule has 2 rings (SSSR count). The van der Waals surface area contributed by atoms with Gasteiger partial charge in [-0.25, -0.2) is 0 Å². The summed E-state index contributed by atoms with van der Waals surface area (Å²) in [6.07, 6.45) is 3.64. The van der Waals surface area contributed by atoms with Crippen LogP contribution in [0.1, 0.15) is 26.2 Å². The van der Waals surface area contributed by atoms with E-state index in [0.29, 0.717) is 0 Å². The van der Waals surface area contributed by atoms with Crippen molar-refractivity contribution < 1.29 is 4.74 Å². The minimum atomic E-state index is 0.723. The number of hydrogen-bond donors (Lipinski definition) is 0. The Morgan fingerprint density at radius 1 is 1.39 bits per heavy atom. The van der Waals surface area contributed by atoms with E-state index in [2.05, 4.69) is 52.0 Å².